The van der Waals surface area contributed by atoms with Crippen LogP contribution in [0.15, 0.2) is 97.1 Å². The molecule has 0 radical (unpaired) electrons. The number of benzene rings is 4. The van der Waals surface area contributed by atoms with Gasteiger partial charge in [0.2, 0.25) is 10.9 Å². The standard InChI is InChI=1S/C29H24ClN3O8S/c30-25-15-12-23(17-26(25)33(36)37)32(42(38)39)28(34)27(41-29(31)35)16-19-8-13-24(14-9-19)40-18-20-6-10-22(11-7-20)21-4-2-1-3-5-21/h1-15,17,27,42H,16,18H2,(H2,31,35)/t27-/m0/s1. The Kier molecular flexibility index (Phi) is 9.73. The Morgan fingerprint density at radius 1 is 0.905 bits per heavy atom. The fraction of sp³-hybridized carbons (Fsp3) is 0.103. The van der Waals surface area contributed by atoms with Gasteiger partial charge in [0.15, 0.2) is 6.10 Å². The van der Waals surface area contributed by atoms with Crippen LogP contribution in [0.5, 0.6) is 5.75 Å². The summed E-state index contributed by atoms with van der Waals surface area (Å²) in [5.74, 6) is -0.650. The van der Waals surface area contributed by atoms with Crippen molar-refractivity contribution in [3.8, 4) is 16.9 Å². The Morgan fingerprint density at radius 3 is 2.12 bits per heavy atom. The van der Waals surface area contributed by atoms with Crippen molar-refractivity contribution < 1.29 is 32.4 Å². The zero-order valence-electron chi connectivity index (χ0n) is 21.8. The maximum atomic E-state index is 13.2. The van der Waals surface area contributed by atoms with Crippen LogP contribution in [0.1, 0.15) is 11.1 Å². The van der Waals surface area contributed by atoms with E-state index < -0.39 is 39.6 Å². The lowest BCUT2D eigenvalue weighted by molar-refractivity contribution is -0.384. The number of nitro benzene ring substituents is 1. The topological polar surface area (TPSA) is 159 Å². The highest BCUT2D eigenvalue weighted by Gasteiger charge is 2.32. The number of nitrogens with zero attached hydrogens (tertiary/aromatic N) is 2. The summed E-state index contributed by atoms with van der Waals surface area (Å²) >= 11 is 5.80. The molecule has 4 rings (SSSR count). The van der Waals surface area contributed by atoms with Gasteiger partial charge in [0.1, 0.15) is 17.4 Å². The highest BCUT2D eigenvalue weighted by atomic mass is 35.5. The Balaban J connectivity index is 1.45. The molecule has 13 heteroatoms. The lowest BCUT2D eigenvalue weighted by Crippen LogP contribution is -2.42. The summed E-state index contributed by atoms with van der Waals surface area (Å²) in [6.45, 7) is 0.305. The van der Waals surface area contributed by atoms with Crippen LogP contribution in [0, 0.1) is 10.1 Å². The van der Waals surface area contributed by atoms with Gasteiger partial charge in [-0.1, -0.05) is 78.3 Å². The molecule has 2 N–H and O–H groups in total. The maximum absolute atomic E-state index is 13.2. The predicted molar refractivity (Wildman–Crippen MR) is 157 cm³/mol. The molecule has 4 aromatic rings. The zero-order chi connectivity index (χ0) is 30.2. The number of amides is 2. The first-order valence-corrected chi connectivity index (χ1v) is 13.9. The van der Waals surface area contributed by atoms with Crippen LogP contribution in [0.4, 0.5) is 16.2 Å². The molecule has 0 unspecified atom stereocenters. The van der Waals surface area contributed by atoms with E-state index >= 15 is 0 Å². The summed E-state index contributed by atoms with van der Waals surface area (Å²) in [5.41, 5.74) is 7.81. The first-order valence-electron chi connectivity index (χ1n) is 12.4. The first-order chi connectivity index (χ1) is 20.1. The van der Waals surface area contributed by atoms with E-state index in [1.165, 1.54) is 0 Å². The SMILES string of the molecule is NC(=O)O[C@@H](Cc1ccc(OCc2ccc(-c3ccccc3)cc2)cc1)C(=O)N(c1ccc(Cl)c([N+](=O)[O-])c1)[SH](=O)=O. The van der Waals surface area contributed by atoms with Gasteiger partial charge in [-0.15, -0.1) is 0 Å². The molecule has 0 bridgehead atoms. The van der Waals surface area contributed by atoms with Crippen LogP contribution in [0.2, 0.25) is 5.02 Å². The minimum absolute atomic E-state index is 0.238. The summed E-state index contributed by atoms with van der Waals surface area (Å²) in [6, 6.07) is 27.5. The number of rotatable bonds is 11. The first kappa shape index (κ1) is 30.0. The Bertz CT molecular complexity index is 1660. The van der Waals surface area contributed by atoms with E-state index in [1.807, 2.05) is 54.6 Å². The fourth-order valence-corrected chi connectivity index (χ4v) is 4.85. The Hall–Kier alpha value is -4.94. The third-order valence-corrected chi connectivity index (χ3v) is 7.16. The third kappa shape index (κ3) is 7.62. The molecule has 0 heterocycles. The van der Waals surface area contributed by atoms with Gasteiger partial charge in [-0.3, -0.25) is 14.9 Å². The van der Waals surface area contributed by atoms with Crippen molar-refractivity contribution in [3.63, 3.8) is 0 Å². The van der Waals surface area contributed by atoms with Crippen molar-refractivity contribution in [2.24, 2.45) is 5.73 Å². The predicted octanol–water partition coefficient (Wildman–Crippen LogP) is 5.06. The number of nitro groups is 1. The van der Waals surface area contributed by atoms with E-state index in [-0.39, 0.29) is 21.4 Å². The van der Waals surface area contributed by atoms with E-state index in [2.05, 4.69) is 0 Å². The van der Waals surface area contributed by atoms with E-state index in [0.29, 0.717) is 17.9 Å². The number of anilines is 1. The number of halogens is 1. The Morgan fingerprint density at radius 2 is 1.52 bits per heavy atom. The largest absolute Gasteiger partial charge is 0.489 e. The van der Waals surface area contributed by atoms with Gasteiger partial charge in [0.25, 0.3) is 11.6 Å². The number of ether oxygens (including phenoxy) is 2. The maximum Gasteiger partial charge on any atom is 0.405 e. The molecule has 42 heavy (non-hydrogen) atoms. The van der Waals surface area contributed by atoms with Gasteiger partial charge < -0.3 is 15.2 Å². The van der Waals surface area contributed by atoms with Crippen molar-refractivity contribution in [2.75, 3.05) is 4.31 Å². The van der Waals surface area contributed by atoms with Crippen LogP contribution in [-0.2, 0) is 33.4 Å². The summed E-state index contributed by atoms with van der Waals surface area (Å²) < 4.78 is 35.1. The lowest BCUT2D eigenvalue weighted by atomic mass is 10.0. The van der Waals surface area contributed by atoms with Crippen LogP contribution in [-0.4, -0.2) is 31.4 Å². The van der Waals surface area contributed by atoms with Crippen molar-refractivity contribution >= 4 is 45.9 Å². The number of hydrogen-bond donors (Lipinski definition) is 2. The van der Waals surface area contributed by atoms with Crippen LogP contribution < -0.4 is 14.8 Å². The molecule has 2 amide bonds. The van der Waals surface area contributed by atoms with Gasteiger partial charge in [-0.2, -0.15) is 0 Å². The molecule has 1 atom stereocenters. The van der Waals surface area contributed by atoms with Gasteiger partial charge >= 0.3 is 6.09 Å². The molecule has 0 fully saturated rings. The minimum atomic E-state index is -3.63. The lowest BCUT2D eigenvalue weighted by Gasteiger charge is -2.22. The van der Waals surface area contributed by atoms with Crippen molar-refractivity contribution in [1.29, 1.82) is 0 Å². The van der Waals surface area contributed by atoms with Crippen LogP contribution in [0.3, 0.4) is 0 Å². The van der Waals surface area contributed by atoms with Crippen LogP contribution in [0.25, 0.3) is 11.1 Å². The summed E-state index contributed by atoms with van der Waals surface area (Å²) in [4.78, 5) is 35.2. The van der Waals surface area contributed by atoms with Gasteiger partial charge in [0, 0.05) is 12.5 Å². The number of hydrogen-bond acceptors (Lipinski definition) is 8. The highest BCUT2D eigenvalue weighted by molar-refractivity contribution is 7.75. The molecule has 0 aliphatic rings. The normalized spacial score (nSPS) is 11.5. The molecule has 0 aliphatic heterocycles. The molecular weight excluding hydrogens is 586 g/mol. The highest BCUT2D eigenvalue weighted by Crippen LogP contribution is 2.30. The second-order valence-corrected chi connectivity index (χ2v) is 10.2. The quantitative estimate of drug-likeness (QED) is 0.136. The van der Waals surface area contributed by atoms with E-state index in [0.717, 1.165) is 34.9 Å². The summed E-state index contributed by atoms with van der Waals surface area (Å²) in [5, 5.41) is 11.0. The monoisotopic (exact) mass is 609 g/mol. The summed E-state index contributed by atoms with van der Waals surface area (Å²) in [7, 11) is -3.63. The average molecular weight is 610 g/mol. The Labute approximate surface area is 247 Å². The number of primary amides is 1. The molecule has 216 valence electrons. The number of carbonyl (C=O) groups excluding carboxylic acids is 2. The molecule has 0 aromatic heterocycles. The van der Waals surface area contributed by atoms with Gasteiger partial charge in [0.05, 0.1) is 10.6 Å². The second-order valence-electron chi connectivity index (χ2n) is 8.91. The molecule has 0 aliphatic carbocycles. The van der Waals surface area contributed by atoms with E-state index in [1.54, 1.807) is 24.3 Å². The van der Waals surface area contributed by atoms with E-state index in [9.17, 15) is 28.1 Å². The molecule has 0 saturated heterocycles. The molecule has 0 saturated carbocycles. The van der Waals surface area contributed by atoms with Crippen LogP contribution >= 0.6 is 11.6 Å². The third-order valence-electron chi connectivity index (χ3n) is 6.09. The van der Waals surface area contributed by atoms with Crippen molar-refractivity contribution in [1.82, 2.24) is 0 Å². The number of carbonyl (C=O) groups is 2. The summed E-state index contributed by atoms with van der Waals surface area (Å²) in [6.07, 6.45) is -3.20. The fourth-order valence-electron chi connectivity index (χ4n) is 4.06. The second kappa shape index (κ2) is 13.6. The molecule has 11 nitrogen and oxygen atoms in total. The van der Waals surface area contributed by atoms with Crippen molar-refractivity contribution in [3.05, 3.63) is 123 Å². The smallest absolute Gasteiger partial charge is 0.405 e. The van der Waals surface area contributed by atoms with Crippen molar-refractivity contribution in [2.45, 2.75) is 19.1 Å². The molecular formula is C29H24ClN3O8S. The zero-order valence-corrected chi connectivity index (χ0v) is 23.4. The van der Waals surface area contributed by atoms with Gasteiger partial charge in [-0.05, 0) is 46.5 Å². The van der Waals surface area contributed by atoms with Gasteiger partial charge in [-0.25, -0.2) is 17.5 Å². The molecule has 0 spiro atoms. The van der Waals surface area contributed by atoms with E-state index in [4.69, 9.17) is 26.8 Å². The average Bonchev–Trinajstić information content (AvgIpc) is 2.97. The molecule has 4 aromatic carbocycles. The number of nitrogens with two attached hydrogens (primary N) is 1. The minimum Gasteiger partial charge on any atom is -0.489 e. The number of thiol groups is 1.